The van der Waals surface area contributed by atoms with Crippen LogP contribution >= 0.6 is 23.2 Å². The zero-order valence-corrected chi connectivity index (χ0v) is 8.77. The van der Waals surface area contributed by atoms with Crippen molar-refractivity contribution in [1.82, 2.24) is 0 Å². The van der Waals surface area contributed by atoms with Gasteiger partial charge in [-0.05, 0) is 17.7 Å². The lowest BCUT2D eigenvalue weighted by Gasteiger charge is -2.12. The van der Waals surface area contributed by atoms with Gasteiger partial charge in [-0.2, -0.15) is 0 Å². The van der Waals surface area contributed by atoms with Crippen molar-refractivity contribution in [1.29, 1.82) is 0 Å². The fourth-order valence-corrected chi connectivity index (χ4v) is 1.62. The van der Waals surface area contributed by atoms with E-state index in [1.807, 2.05) is 6.07 Å². The molecule has 1 aromatic rings. The Hall–Kier alpha value is -0.280. The van der Waals surface area contributed by atoms with Crippen LogP contribution in [-0.4, -0.2) is 13.7 Å². The van der Waals surface area contributed by atoms with Crippen LogP contribution in [0.3, 0.4) is 0 Å². The number of rotatable bonds is 3. The van der Waals surface area contributed by atoms with Crippen LogP contribution in [-0.2, 0) is 4.74 Å². The van der Waals surface area contributed by atoms with Crippen molar-refractivity contribution < 1.29 is 4.74 Å². The fourth-order valence-electron chi connectivity index (χ4n) is 1.07. The highest BCUT2D eigenvalue weighted by molar-refractivity contribution is 6.35. The smallest absolute Gasteiger partial charge is 0.0656 e. The molecule has 0 aliphatic carbocycles. The lowest BCUT2D eigenvalue weighted by atomic mass is 10.1. The van der Waals surface area contributed by atoms with Gasteiger partial charge in [-0.25, -0.2) is 0 Å². The molecule has 0 aliphatic rings. The lowest BCUT2D eigenvalue weighted by Crippen LogP contribution is -2.16. The normalized spacial score (nSPS) is 12.9. The molecule has 0 bridgehead atoms. The molecule has 13 heavy (non-hydrogen) atoms. The first kappa shape index (κ1) is 10.8. The van der Waals surface area contributed by atoms with E-state index >= 15 is 0 Å². The van der Waals surface area contributed by atoms with Gasteiger partial charge in [0.15, 0.2) is 0 Å². The number of hydrogen-bond donors (Lipinski definition) is 1. The summed E-state index contributed by atoms with van der Waals surface area (Å²) in [4.78, 5) is 0. The van der Waals surface area contributed by atoms with Gasteiger partial charge in [-0.3, -0.25) is 0 Å². The van der Waals surface area contributed by atoms with Gasteiger partial charge in [0.25, 0.3) is 0 Å². The van der Waals surface area contributed by atoms with Crippen molar-refractivity contribution in [2.24, 2.45) is 5.73 Å². The summed E-state index contributed by atoms with van der Waals surface area (Å²) in [6, 6.07) is 5.05. The van der Waals surface area contributed by atoms with E-state index in [0.29, 0.717) is 16.7 Å². The predicted molar refractivity (Wildman–Crippen MR) is 55.3 cm³/mol. The number of halogens is 2. The molecule has 0 aliphatic heterocycles. The molecule has 2 nitrogen and oxygen atoms in total. The van der Waals surface area contributed by atoms with Crippen LogP contribution in [0.1, 0.15) is 11.6 Å². The number of nitrogens with two attached hydrogens (primary N) is 1. The number of benzene rings is 1. The first-order chi connectivity index (χ1) is 6.15. The molecular formula is C9H11Cl2NO. The molecule has 2 N–H and O–H groups in total. The minimum Gasteiger partial charge on any atom is -0.383 e. The van der Waals surface area contributed by atoms with Gasteiger partial charge in [0.05, 0.1) is 12.6 Å². The summed E-state index contributed by atoms with van der Waals surface area (Å²) in [6.07, 6.45) is 0. The van der Waals surface area contributed by atoms with Crippen molar-refractivity contribution in [2.45, 2.75) is 6.04 Å². The molecule has 0 saturated heterocycles. The molecule has 0 radical (unpaired) electrons. The Morgan fingerprint density at radius 3 is 2.69 bits per heavy atom. The first-order valence-electron chi connectivity index (χ1n) is 3.84. The lowest BCUT2D eigenvalue weighted by molar-refractivity contribution is 0.181. The summed E-state index contributed by atoms with van der Waals surface area (Å²) < 4.78 is 4.93. The third-order valence-electron chi connectivity index (χ3n) is 1.71. The monoisotopic (exact) mass is 219 g/mol. The molecule has 0 heterocycles. The van der Waals surface area contributed by atoms with E-state index in [1.54, 1.807) is 19.2 Å². The summed E-state index contributed by atoms with van der Waals surface area (Å²) in [7, 11) is 1.60. The molecule has 1 rings (SSSR count). The van der Waals surface area contributed by atoms with Crippen molar-refractivity contribution in [3.05, 3.63) is 33.8 Å². The third-order valence-corrected chi connectivity index (χ3v) is 2.27. The highest BCUT2D eigenvalue weighted by atomic mass is 35.5. The van der Waals surface area contributed by atoms with E-state index in [9.17, 15) is 0 Å². The average Bonchev–Trinajstić information content (AvgIpc) is 2.04. The average molecular weight is 220 g/mol. The van der Waals surface area contributed by atoms with Crippen molar-refractivity contribution in [3.63, 3.8) is 0 Å². The second-order valence-corrected chi connectivity index (χ2v) is 3.57. The Bertz CT molecular complexity index is 291. The van der Waals surface area contributed by atoms with Crippen molar-refractivity contribution in [2.75, 3.05) is 13.7 Å². The number of hydrogen-bond acceptors (Lipinski definition) is 2. The van der Waals surface area contributed by atoms with Crippen LogP contribution in [0.4, 0.5) is 0 Å². The van der Waals surface area contributed by atoms with Crippen LogP contribution in [0.15, 0.2) is 18.2 Å². The quantitative estimate of drug-likeness (QED) is 0.849. The second-order valence-electron chi connectivity index (χ2n) is 2.73. The molecular weight excluding hydrogens is 209 g/mol. The summed E-state index contributed by atoms with van der Waals surface area (Å²) in [5, 5.41) is 1.19. The van der Waals surface area contributed by atoms with Crippen LogP contribution in [0.2, 0.25) is 10.0 Å². The maximum atomic E-state index is 5.94. The van der Waals surface area contributed by atoms with Gasteiger partial charge in [-0.1, -0.05) is 29.3 Å². The second kappa shape index (κ2) is 4.82. The third kappa shape index (κ3) is 2.85. The Labute approximate surface area is 87.6 Å². The highest BCUT2D eigenvalue weighted by Crippen LogP contribution is 2.25. The van der Waals surface area contributed by atoms with Crippen molar-refractivity contribution in [3.8, 4) is 0 Å². The van der Waals surface area contributed by atoms with Crippen LogP contribution in [0.5, 0.6) is 0 Å². The Morgan fingerprint density at radius 1 is 1.46 bits per heavy atom. The molecule has 0 fully saturated rings. The van der Waals surface area contributed by atoms with Gasteiger partial charge in [-0.15, -0.1) is 0 Å². The molecule has 0 aromatic heterocycles. The summed E-state index contributed by atoms with van der Waals surface area (Å²) >= 11 is 11.7. The Morgan fingerprint density at radius 2 is 2.15 bits per heavy atom. The summed E-state index contributed by atoms with van der Waals surface area (Å²) in [6.45, 7) is 0.446. The van der Waals surface area contributed by atoms with Crippen LogP contribution in [0, 0.1) is 0 Å². The fraction of sp³-hybridized carbons (Fsp3) is 0.333. The maximum Gasteiger partial charge on any atom is 0.0656 e. The summed E-state index contributed by atoms with van der Waals surface area (Å²) in [5.41, 5.74) is 6.66. The van der Waals surface area contributed by atoms with E-state index in [-0.39, 0.29) is 6.04 Å². The van der Waals surface area contributed by atoms with E-state index in [4.69, 9.17) is 33.7 Å². The molecule has 0 saturated carbocycles. The van der Waals surface area contributed by atoms with Gasteiger partial charge in [0, 0.05) is 17.2 Å². The van der Waals surface area contributed by atoms with Gasteiger partial charge in [0.2, 0.25) is 0 Å². The molecule has 0 spiro atoms. The van der Waals surface area contributed by atoms with Gasteiger partial charge < -0.3 is 10.5 Å². The van der Waals surface area contributed by atoms with E-state index < -0.39 is 0 Å². The van der Waals surface area contributed by atoms with Gasteiger partial charge in [0.1, 0.15) is 0 Å². The Kier molecular flexibility index (Phi) is 4.00. The first-order valence-corrected chi connectivity index (χ1v) is 4.60. The number of ether oxygens (including phenoxy) is 1. The SMILES string of the molecule is COC[C@H](N)c1ccc(Cl)cc1Cl. The standard InChI is InChI=1S/C9H11Cl2NO/c1-13-5-9(12)7-3-2-6(10)4-8(7)11/h2-4,9H,5,12H2,1H3/t9-/m0/s1. The van der Waals surface area contributed by atoms with Gasteiger partial charge >= 0.3 is 0 Å². The van der Waals surface area contributed by atoms with E-state index in [2.05, 4.69) is 0 Å². The molecule has 4 heteroatoms. The predicted octanol–water partition coefficient (Wildman–Crippen LogP) is 2.64. The zero-order valence-electron chi connectivity index (χ0n) is 7.26. The highest BCUT2D eigenvalue weighted by Gasteiger charge is 2.09. The van der Waals surface area contributed by atoms with Crippen molar-refractivity contribution >= 4 is 23.2 Å². The minimum atomic E-state index is -0.199. The molecule has 72 valence electrons. The van der Waals surface area contributed by atoms with Crippen LogP contribution in [0.25, 0.3) is 0 Å². The van der Waals surface area contributed by atoms with E-state index in [1.165, 1.54) is 0 Å². The van der Waals surface area contributed by atoms with Crippen LogP contribution < -0.4 is 5.73 Å². The molecule has 1 atom stereocenters. The molecule has 0 unspecified atom stereocenters. The summed E-state index contributed by atoms with van der Waals surface area (Å²) in [5.74, 6) is 0. The molecule has 0 amide bonds. The Balaban J connectivity index is 2.88. The minimum absolute atomic E-state index is 0.199. The number of methoxy groups -OCH3 is 1. The largest absolute Gasteiger partial charge is 0.383 e. The van der Waals surface area contributed by atoms with E-state index in [0.717, 1.165) is 5.56 Å². The zero-order chi connectivity index (χ0) is 9.84. The molecule has 1 aromatic carbocycles. The topological polar surface area (TPSA) is 35.2 Å². The maximum absolute atomic E-state index is 5.94.